The zero-order valence-electron chi connectivity index (χ0n) is 18.6. The lowest BCUT2D eigenvalue weighted by Crippen LogP contribution is -2.27. The summed E-state index contributed by atoms with van der Waals surface area (Å²) in [6.07, 6.45) is 0. The molecule has 0 aliphatic heterocycles. The van der Waals surface area contributed by atoms with Crippen LogP contribution in [0.25, 0.3) is 0 Å². The van der Waals surface area contributed by atoms with Crippen LogP contribution < -0.4 is 9.64 Å². The topological polar surface area (TPSA) is 24.8 Å². The average molecular weight is 502 g/mol. The van der Waals surface area contributed by atoms with E-state index in [1.165, 1.54) is 5.56 Å². The minimum atomic E-state index is 0.311. The summed E-state index contributed by atoms with van der Waals surface area (Å²) in [6, 6.07) is 22.3. The van der Waals surface area contributed by atoms with Crippen molar-refractivity contribution in [2.45, 2.75) is 33.2 Å². The van der Waals surface area contributed by atoms with Crippen LogP contribution in [0.1, 0.15) is 37.8 Å². The fraction of sp³-hybridized carbons (Fsp3) is 0.269. The van der Waals surface area contributed by atoms with Crippen molar-refractivity contribution in [1.82, 2.24) is 0 Å². The molecule has 1 unspecified atom stereocenters. The first-order valence-electron chi connectivity index (χ1n) is 10.4. The fourth-order valence-corrected chi connectivity index (χ4v) is 3.79. The molecule has 0 aliphatic rings. The van der Waals surface area contributed by atoms with Crippen LogP contribution in [0.3, 0.4) is 0 Å². The predicted molar refractivity (Wildman–Crippen MR) is 139 cm³/mol. The summed E-state index contributed by atoms with van der Waals surface area (Å²) in [4.78, 5) is 6.55. The molecule has 3 aromatic carbocycles. The van der Waals surface area contributed by atoms with Crippen molar-refractivity contribution in [3.05, 3.63) is 87.4 Å². The number of rotatable bonds is 8. The molecule has 0 N–H and O–H groups in total. The molecule has 3 aromatic rings. The van der Waals surface area contributed by atoms with E-state index in [2.05, 4.69) is 69.8 Å². The SMILES string of the molecule is C=Nc1cc(OC)ccc1N(Cc1ccccc1Cl)CC(C)c1ccc(Br)cc1.CC. The van der Waals surface area contributed by atoms with E-state index in [1.54, 1.807) is 7.11 Å². The van der Waals surface area contributed by atoms with Crippen molar-refractivity contribution in [3.63, 3.8) is 0 Å². The normalized spacial score (nSPS) is 11.2. The zero-order valence-corrected chi connectivity index (χ0v) is 21.0. The highest BCUT2D eigenvalue weighted by atomic mass is 79.9. The van der Waals surface area contributed by atoms with Gasteiger partial charge in [-0.3, -0.25) is 4.99 Å². The number of aliphatic imine (C=N–C) groups is 1. The standard InChI is InChI=1S/C24H24BrClN2O.C2H6/c1-17(18-8-10-20(25)11-9-18)15-28(16-19-6-4-5-7-22(19)26)24-13-12-21(29-3)14-23(24)27-2;1-2/h4-14,17H,2,15-16H2,1,3H3;1-2H3. The molecule has 0 radical (unpaired) electrons. The van der Waals surface area contributed by atoms with Crippen molar-refractivity contribution >= 4 is 45.6 Å². The van der Waals surface area contributed by atoms with Gasteiger partial charge in [0.1, 0.15) is 5.75 Å². The van der Waals surface area contributed by atoms with Gasteiger partial charge in [-0.05, 0) is 54.1 Å². The quantitative estimate of drug-likeness (QED) is 0.290. The molecule has 5 heteroatoms. The van der Waals surface area contributed by atoms with E-state index in [4.69, 9.17) is 16.3 Å². The third-order valence-corrected chi connectivity index (χ3v) is 5.84. The van der Waals surface area contributed by atoms with Crippen molar-refractivity contribution in [2.24, 2.45) is 4.99 Å². The van der Waals surface area contributed by atoms with Gasteiger partial charge in [0.05, 0.1) is 18.5 Å². The van der Waals surface area contributed by atoms with Crippen molar-refractivity contribution < 1.29 is 4.74 Å². The number of benzene rings is 3. The molecular formula is C26H30BrClN2O. The van der Waals surface area contributed by atoms with Gasteiger partial charge < -0.3 is 9.64 Å². The Hall–Kier alpha value is -2.30. The fourth-order valence-electron chi connectivity index (χ4n) is 3.33. The minimum absolute atomic E-state index is 0.311. The third kappa shape index (κ3) is 6.84. The summed E-state index contributed by atoms with van der Waals surface area (Å²) >= 11 is 9.97. The number of methoxy groups -OCH3 is 1. The number of anilines is 1. The van der Waals surface area contributed by atoms with Gasteiger partial charge in [0, 0.05) is 28.7 Å². The van der Waals surface area contributed by atoms with Crippen molar-refractivity contribution in [3.8, 4) is 5.75 Å². The van der Waals surface area contributed by atoms with Gasteiger partial charge >= 0.3 is 0 Å². The molecule has 164 valence electrons. The smallest absolute Gasteiger partial charge is 0.121 e. The van der Waals surface area contributed by atoms with E-state index in [0.717, 1.165) is 38.7 Å². The Morgan fingerprint density at radius 1 is 1.06 bits per heavy atom. The molecule has 0 spiro atoms. The molecule has 0 heterocycles. The van der Waals surface area contributed by atoms with Gasteiger partial charge in [0.15, 0.2) is 0 Å². The first-order chi connectivity index (χ1) is 15.0. The largest absolute Gasteiger partial charge is 0.497 e. The molecule has 3 rings (SSSR count). The van der Waals surface area contributed by atoms with Crippen molar-refractivity contribution in [2.75, 3.05) is 18.6 Å². The molecule has 0 aliphatic carbocycles. The number of ether oxygens (including phenoxy) is 1. The Kier molecular flexibility index (Phi) is 10.1. The monoisotopic (exact) mass is 500 g/mol. The van der Waals surface area contributed by atoms with Gasteiger partial charge in [0.25, 0.3) is 0 Å². The second kappa shape index (κ2) is 12.5. The van der Waals surface area contributed by atoms with E-state index in [-0.39, 0.29) is 0 Å². The maximum absolute atomic E-state index is 6.46. The van der Waals surface area contributed by atoms with Crippen LogP contribution in [0, 0.1) is 0 Å². The number of halogens is 2. The lowest BCUT2D eigenvalue weighted by atomic mass is 10.00. The van der Waals surface area contributed by atoms with Crippen LogP contribution in [0.5, 0.6) is 5.75 Å². The molecule has 0 saturated heterocycles. The molecule has 1 atom stereocenters. The molecule has 0 saturated carbocycles. The molecule has 31 heavy (non-hydrogen) atoms. The highest BCUT2D eigenvalue weighted by molar-refractivity contribution is 9.10. The first-order valence-corrected chi connectivity index (χ1v) is 11.6. The summed E-state index contributed by atoms with van der Waals surface area (Å²) < 4.78 is 6.44. The van der Waals surface area contributed by atoms with E-state index in [0.29, 0.717) is 12.5 Å². The van der Waals surface area contributed by atoms with Gasteiger partial charge in [-0.15, -0.1) is 0 Å². The lowest BCUT2D eigenvalue weighted by molar-refractivity contribution is 0.415. The zero-order chi connectivity index (χ0) is 22.8. The van der Waals surface area contributed by atoms with Crippen LogP contribution in [-0.2, 0) is 6.54 Å². The Balaban J connectivity index is 0.00000166. The Morgan fingerprint density at radius 2 is 1.74 bits per heavy atom. The molecule has 0 bridgehead atoms. The van der Waals surface area contributed by atoms with Crippen LogP contribution in [0.15, 0.2) is 76.2 Å². The van der Waals surface area contributed by atoms with Crippen LogP contribution in [0.2, 0.25) is 5.02 Å². The predicted octanol–water partition coefficient (Wildman–Crippen LogP) is 8.28. The Bertz CT molecular complexity index is 975. The van der Waals surface area contributed by atoms with E-state index in [1.807, 2.05) is 50.2 Å². The van der Waals surface area contributed by atoms with Crippen LogP contribution in [0.4, 0.5) is 11.4 Å². The maximum Gasteiger partial charge on any atom is 0.121 e. The Morgan fingerprint density at radius 3 is 2.35 bits per heavy atom. The summed E-state index contributed by atoms with van der Waals surface area (Å²) in [7, 11) is 1.65. The van der Waals surface area contributed by atoms with Gasteiger partial charge in [0.2, 0.25) is 0 Å². The van der Waals surface area contributed by atoms with Crippen LogP contribution >= 0.6 is 27.5 Å². The summed E-state index contributed by atoms with van der Waals surface area (Å²) in [6.45, 7) is 11.5. The summed E-state index contributed by atoms with van der Waals surface area (Å²) in [5.74, 6) is 1.07. The van der Waals surface area contributed by atoms with Gasteiger partial charge in [-0.1, -0.05) is 78.6 Å². The van der Waals surface area contributed by atoms with E-state index < -0.39 is 0 Å². The molecule has 0 fully saturated rings. The van der Waals surface area contributed by atoms with Gasteiger partial charge in [-0.25, -0.2) is 0 Å². The summed E-state index contributed by atoms with van der Waals surface area (Å²) in [5, 5.41) is 0.760. The number of nitrogens with zero attached hydrogens (tertiary/aromatic N) is 2. The Labute approximate surface area is 199 Å². The minimum Gasteiger partial charge on any atom is -0.497 e. The second-order valence-electron chi connectivity index (χ2n) is 6.94. The van der Waals surface area contributed by atoms with Gasteiger partial charge in [-0.2, -0.15) is 0 Å². The first kappa shape index (κ1) is 25.0. The summed E-state index contributed by atoms with van der Waals surface area (Å²) in [5.41, 5.74) is 4.14. The highest BCUT2D eigenvalue weighted by Crippen LogP contribution is 2.35. The number of hydrogen-bond acceptors (Lipinski definition) is 3. The van der Waals surface area contributed by atoms with Crippen molar-refractivity contribution in [1.29, 1.82) is 0 Å². The second-order valence-corrected chi connectivity index (χ2v) is 8.26. The van der Waals surface area contributed by atoms with E-state index >= 15 is 0 Å². The lowest BCUT2D eigenvalue weighted by Gasteiger charge is -2.30. The number of hydrogen-bond donors (Lipinski definition) is 0. The third-order valence-electron chi connectivity index (χ3n) is 4.95. The highest BCUT2D eigenvalue weighted by Gasteiger charge is 2.18. The maximum atomic E-state index is 6.46. The molecule has 0 aromatic heterocycles. The molecule has 0 amide bonds. The van der Waals surface area contributed by atoms with E-state index in [9.17, 15) is 0 Å². The molecule has 3 nitrogen and oxygen atoms in total. The van der Waals surface area contributed by atoms with Crippen LogP contribution in [-0.4, -0.2) is 20.4 Å². The molecular weight excluding hydrogens is 472 g/mol. The average Bonchev–Trinajstić information content (AvgIpc) is 2.81.